The number of rotatable bonds is 6. The summed E-state index contributed by atoms with van der Waals surface area (Å²) in [6, 6.07) is 8.88. The molecule has 1 aromatic carbocycles. The molecule has 1 aliphatic rings. The molecule has 1 atom stereocenters. The molecule has 0 saturated heterocycles. The lowest BCUT2D eigenvalue weighted by atomic mass is 10.00. The fourth-order valence-corrected chi connectivity index (χ4v) is 4.42. The molecule has 1 unspecified atom stereocenters. The van der Waals surface area contributed by atoms with E-state index in [-0.39, 0.29) is 0 Å². The molecule has 21 heavy (non-hydrogen) atoms. The first-order chi connectivity index (χ1) is 10.4. The van der Waals surface area contributed by atoms with Crippen LogP contribution in [-0.2, 0) is 0 Å². The van der Waals surface area contributed by atoms with Crippen molar-refractivity contribution in [2.75, 3.05) is 12.3 Å². The van der Waals surface area contributed by atoms with Gasteiger partial charge in [0, 0.05) is 17.2 Å². The van der Waals surface area contributed by atoms with Gasteiger partial charge in [0.2, 0.25) is 0 Å². The zero-order valence-corrected chi connectivity index (χ0v) is 13.4. The van der Waals surface area contributed by atoms with Crippen LogP contribution in [0.1, 0.15) is 32.6 Å². The minimum absolute atomic E-state index is 0.608. The molecule has 0 bridgehead atoms. The van der Waals surface area contributed by atoms with E-state index in [1.807, 2.05) is 17.8 Å². The average Bonchev–Trinajstić information content (AvgIpc) is 3.05. The van der Waals surface area contributed by atoms with E-state index in [4.69, 9.17) is 0 Å². The zero-order chi connectivity index (χ0) is 14.5. The smallest absolute Gasteiger partial charge is 0.117 e. The van der Waals surface area contributed by atoms with Crippen LogP contribution in [0.4, 0.5) is 0 Å². The van der Waals surface area contributed by atoms with Crippen molar-refractivity contribution < 1.29 is 0 Å². The highest BCUT2D eigenvalue weighted by Crippen LogP contribution is 2.31. The molecule has 1 aromatic heterocycles. The van der Waals surface area contributed by atoms with E-state index in [2.05, 4.69) is 40.4 Å². The summed E-state index contributed by atoms with van der Waals surface area (Å²) < 4.78 is 0. The number of para-hydroxylation sites is 1. The van der Waals surface area contributed by atoms with Crippen LogP contribution in [0.25, 0.3) is 10.9 Å². The van der Waals surface area contributed by atoms with Crippen molar-refractivity contribution in [3.8, 4) is 0 Å². The van der Waals surface area contributed by atoms with Crippen molar-refractivity contribution in [2.24, 2.45) is 5.92 Å². The van der Waals surface area contributed by atoms with Gasteiger partial charge in [-0.15, -0.1) is 11.8 Å². The zero-order valence-electron chi connectivity index (χ0n) is 12.6. The Morgan fingerprint density at radius 2 is 2.05 bits per heavy atom. The van der Waals surface area contributed by atoms with Gasteiger partial charge in [-0.25, -0.2) is 9.97 Å². The Kier molecular flexibility index (Phi) is 5.09. The second kappa shape index (κ2) is 7.23. The Balaban J connectivity index is 1.72. The monoisotopic (exact) mass is 301 g/mol. The van der Waals surface area contributed by atoms with Gasteiger partial charge in [-0.1, -0.05) is 38.0 Å². The Labute approximate surface area is 131 Å². The third-order valence-corrected chi connectivity index (χ3v) is 5.47. The van der Waals surface area contributed by atoms with Gasteiger partial charge < -0.3 is 5.32 Å². The van der Waals surface area contributed by atoms with Crippen LogP contribution in [0, 0.1) is 5.92 Å². The van der Waals surface area contributed by atoms with Crippen LogP contribution in [0.2, 0.25) is 0 Å². The molecule has 0 amide bonds. The molecule has 1 fully saturated rings. The number of hydrogen-bond acceptors (Lipinski definition) is 4. The topological polar surface area (TPSA) is 37.8 Å². The number of hydrogen-bond donors (Lipinski definition) is 1. The number of aromatic nitrogens is 2. The summed E-state index contributed by atoms with van der Waals surface area (Å²) in [4.78, 5) is 8.83. The lowest BCUT2D eigenvalue weighted by Gasteiger charge is -2.23. The summed E-state index contributed by atoms with van der Waals surface area (Å²) in [5.41, 5.74) is 1.04. The molecule has 112 valence electrons. The summed E-state index contributed by atoms with van der Waals surface area (Å²) in [7, 11) is 0. The van der Waals surface area contributed by atoms with Crippen molar-refractivity contribution in [1.29, 1.82) is 0 Å². The molecular weight excluding hydrogens is 278 g/mol. The summed E-state index contributed by atoms with van der Waals surface area (Å²) in [6.45, 7) is 3.25. The van der Waals surface area contributed by atoms with Gasteiger partial charge in [0.25, 0.3) is 0 Å². The number of fused-ring (bicyclic) bond motifs is 1. The van der Waals surface area contributed by atoms with Crippen LogP contribution in [-0.4, -0.2) is 28.3 Å². The van der Waals surface area contributed by atoms with Gasteiger partial charge in [0.1, 0.15) is 11.4 Å². The number of nitrogens with one attached hydrogen (secondary N) is 1. The second-order valence-electron chi connectivity index (χ2n) is 5.72. The first-order valence-corrected chi connectivity index (χ1v) is 8.93. The minimum atomic E-state index is 0.608. The first-order valence-electron chi connectivity index (χ1n) is 7.94. The molecule has 4 heteroatoms. The minimum Gasteiger partial charge on any atom is -0.313 e. The Morgan fingerprint density at radius 1 is 1.24 bits per heavy atom. The maximum absolute atomic E-state index is 4.49. The van der Waals surface area contributed by atoms with Crippen molar-refractivity contribution in [3.05, 3.63) is 30.6 Å². The number of thioether (sulfide) groups is 1. The van der Waals surface area contributed by atoms with E-state index in [0.717, 1.165) is 28.8 Å². The molecule has 3 rings (SSSR count). The number of nitrogens with zero attached hydrogens (tertiary/aromatic N) is 2. The van der Waals surface area contributed by atoms with Crippen LogP contribution in [0.3, 0.4) is 0 Å². The molecule has 0 radical (unpaired) electrons. The summed E-state index contributed by atoms with van der Waals surface area (Å²) in [5, 5.41) is 5.96. The highest BCUT2D eigenvalue weighted by Gasteiger charge is 2.24. The lowest BCUT2D eigenvalue weighted by molar-refractivity contribution is 0.394. The summed E-state index contributed by atoms with van der Waals surface area (Å²) in [6.07, 6.45) is 7.23. The highest BCUT2D eigenvalue weighted by molar-refractivity contribution is 7.99. The fourth-order valence-electron chi connectivity index (χ4n) is 3.25. The molecule has 1 heterocycles. The largest absolute Gasteiger partial charge is 0.313 e. The van der Waals surface area contributed by atoms with Crippen molar-refractivity contribution in [1.82, 2.24) is 15.3 Å². The highest BCUT2D eigenvalue weighted by atomic mass is 32.2. The van der Waals surface area contributed by atoms with E-state index < -0.39 is 0 Å². The maximum atomic E-state index is 4.49. The summed E-state index contributed by atoms with van der Waals surface area (Å²) in [5.74, 6) is 1.94. The van der Waals surface area contributed by atoms with Crippen molar-refractivity contribution >= 4 is 22.7 Å². The molecule has 0 spiro atoms. The Morgan fingerprint density at radius 3 is 2.86 bits per heavy atom. The lowest BCUT2D eigenvalue weighted by Crippen LogP contribution is -2.37. The predicted molar refractivity (Wildman–Crippen MR) is 89.7 cm³/mol. The number of benzene rings is 1. The van der Waals surface area contributed by atoms with Gasteiger partial charge in [-0.3, -0.25) is 0 Å². The van der Waals surface area contributed by atoms with E-state index in [1.165, 1.54) is 31.1 Å². The quantitative estimate of drug-likeness (QED) is 0.649. The van der Waals surface area contributed by atoms with Gasteiger partial charge in [0.15, 0.2) is 0 Å². The molecule has 1 N–H and O–H groups in total. The van der Waals surface area contributed by atoms with Gasteiger partial charge in [-0.05, 0) is 31.4 Å². The molecule has 3 nitrogen and oxygen atoms in total. The Hall–Kier alpha value is -1.13. The molecule has 0 aliphatic heterocycles. The fraction of sp³-hybridized carbons (Fsp3) is 0.529. The van der Waals surface area contributed by atoms with Gasteiger partial charge in [0.05, 0.1) is 5.52 Å². The molecule has 2 aromatic rings. The second-order valence-corrected chi connectivity index (χ2v) is 6.72. The van der Waals surface area contributed by atoms with Crippen molar-refractivity contribution in [3.63, 3.8) is 0 Å². The molecular formula is C17H23N3S. The normalized spacial score (nSPS) is 17.4. The SMILES string of the molecule is CCNC(CSc1ncnc2ccccc12)C1CCCC1. The predicted octanol–water partition coefficient (Wildman–Crippen LogP) is 3.89. The van der Waals surface area contributed by atoms with Crippen LogP contribution >= 0.6 is 11.8 Å². The van der Waals surface area contributed by atoms with Crippen LogP contribution in [0.15, 0.2) is 35.6 Å². The van der Waals surface area contributed by atoms with E-state index >= 15 is 0 Å². The third-order valence-electron chi connectivity index (χ3n) is 4.34. The standard InChI is InChI=1S/C17H23N3S/c1-2-18-16(13-7-3-4-8-13)11-21-17-14-9-5-6-10-15(14)19-12-20-17/h5-6,9-10,12-13,16,18H,2-4,7-8,11H2,1H3. The third kappa shape index (κ3) is 3.55. The van der Waals surface area contributed by atoms with Crippen molar-refractivity contribution in [2.45, 2.75) is 43.7 Å². The molecule has 1 saturated carbocycles. The Bertz CT molecular complexity index is 576. The van der Waals surface area contributed by atoms with Gasteiger partial charge >= 0.3 is 0 Å². The average molecular weight is 301 g/mol. The van der Waals surface area contributed by atoms with Gasteiger partial charge in [-0.2, -0.15) is 0 Å². The van der Waals surface area contributed by atoms with E-state index in [0.29, 0.717) is 6.04 Å². The van der Waals surface area contributed by atoms with E-state index in [1.54, 1.807) is 6.33 Å². The maximum Gasteiger partial charge on any atom is 0.117 e. The van der Waals surface area contributed by atoms with Crippen LogP contribution < -0.4 is 5.32 Å². The van der Waals surface area contributed by atoms with Crippen LogP contribution in [0.5, 0.6) is 0 Å². The molecule has 1 aliphatic carbocycles. The van der Waals surface area contributed by atoms with E-state index in [9.17, 15) is 0 Å². The first kappa shape index (κ1) is 14.8. The summed E-state index contributed by atoms with van der Waals surface area (Å²) >= 11 is 1.87.